The Morgan fingerprint density at radius 2 is 1.91 bits per heavy atom. The van der Waals surface area contributed by atoms with Crippen LogP contribution in [0.4, 0.5) is 11.4 Å². The lowest BCUT2D eigenvalue weighted by atomic mass is 10.1. The molecule has 0 aliphatic rings. The maximum atomic E-state index is 11.5. The second-order valence-corrected chi connectivity index (χ2v) is 5.45. The van der Waals surface area contributed by atoms with Crippen LogP contribution in [0.25, 0.3) is 0 Å². The van der Waals surface area contributed by atoms with Crippen LogP contribution < -0.4 is 16.4 Å². The number of hydrogen-bond acceptors (Lipinski definition) is 3. The van der Waals surface area contributed by atoms with E-state index in [1.165, 1.54) is 4.68 Å². The number of aryl methyl sites for hydroxylation is 3. The van der Waals surface area contributed by atoms with Crippen LogP contribution in [0.5, 0.6) is 0 Å². The zero-order valence-electron chi connectivity index (χ0n) is 12.8. The Morgan fingerprint density at radius 3 is 2.45 bits per heavy atom. The van der Waals surface area contributed by atoms with Crippen LogP contribution in [0, 0.1) is 13.8 Å². The van der Waals surface area contributed by atoms with Gasteiger partial charge in [0.05, 0.1) is 11.9 Å². The summed E-state index contributed by atoms with van der Waals surface area (Å²) in [5, 5.41) is 10.6. The first-order valence-corrected chi connectivity index (χ1v) is 7.33. The van der Waals surface area contributed by atoms with Crippen LogP contribution in [-0.2, 0) is 6.54 Å². The number of nitrogens with one attached hydrogen (secondary N) is 2. The summed E-state index contributed by atoms with van der Waals surface area (Å²) in [5.74, 6) is -0.545. The van der Waals surface area contributed by atoms with Gasteiger partial charge in [-0.1, -0.05) is 6.07 Å². The van der Waals surface area contributed by atoms with Crippen molar-refractivity contribution in [3.63, 3.8) is 0 Å². The van der Waals surface area contributed by atoms with Crippen molar-refractivity contribution in [3.8, 4) is 0 Å². The van der Waals surface area contributed by atoms with Gasteiger partial charge in [0.25, 0.3) is 5.91 Å². The highest BCUT2D eigenvalue weighted by molar-refractivity contribution is 7.80. The summed E-state index contributed by atoms with van der Waals surface area (Å²) < 4.78 is 1.53. The number of nitrogens with two attached hydrogens (primary N) is 1. The van der Waals surface area contributed by atoms with Crippen LogP contribution in [-0.4, -0.2) is 20.8 Å². The van der Waals surface area contributed by atoms with Crippen molar-refractivity contribution in [3.05, 3.63) is 41.2 Å². The average Bonchev–Trinajstić information content (AvgIpc) is 2.79. The van der Waals surface area contributed by atoms with E-state index in [4.69, 9.17) is 18.0 Å². The molecule has 116 valence electrons. The molecule has 2 rings (SSSR count). The number of amides is 1. The molecule has 1 heterocycles. The fraction of sp³-hybridized carbons (Fsp3) is 0.267. The second-order valence-electron chi connectivity index (χ2n) is 5.04. The van der Waals surface area contributed by atoms with Crippen LogP contribution >= 0.6 is 12.2 Å². The van der Waals surface area contributed by atoms with E-state index < -0.39 is 5.91 Å². The molecule has 0 aliphatic carbocycles. The number of hydrogen-bond donors (Lipinski definition) is 3. The third-order valence-electron chi connectivity index (χ3n) is 3.10. The number of rotatable bonds is 4. The SMILES string of the molecule is CCn1ncc(NC(=S)Nc2cc(C)cc(C)c2)c1C(N)=O. The van der Waals surface area contributed by atoms with Gasteiger partial charge in [-0.15, -0.1) is 0 Å². The smallest absolute Gasteiger partial charge is 0.269 e. The van der Waals surface area contributed by atoms with Gasteiger partial charge in [-0.2, -0.15) is 5.10 Å². The molecule has 0 atom stereocenters. The standard InChI is InChI=1S/C15H19N5OS/c1-4-20-13(14(16)21)12(8-17-20)19-15(22)18-11-6-9(2)5-10(3)7-11/h5-8H,4H2,1-3H3,(H2,16,21)(H2,18,19,22). The Labute approximate surface area is 134 Å². The lowest BCUT2D eigenvalue weighted by Crippen LogP contribution is -2.23. The molecule has 0 saturated heterocycles. The molecular formula is C15H19N5OS. The quantitative estimate of drug-likeness (QED) is 0.754. The molecule has 6 nitrogen and oxygen atoms in total. The summed E-state index contributed by atoms with van der Waals surface area (Å²) in [4.78, 5) is 11.5. The number of benzene rings is 1. The van der Waals surface area contributed by atoms with Gasteiger partial charge in [-0.25, -0.2) is 0 Å². The molecule has 0 saturated carbocycles. The maximum Gasteiger partial charge on any atom is 0.269 e. The molecule has 2 aromatic rings. The van der Waals surface area contributed by atoms with E-state index in [0.717, 1.165) is 16.8 Å². The number of nitrogens with zero attached hydrogens (tertiary/aromatic N) is 2. The van der Waals surface area contributed by atoms with Crippen LogP contribution in [0.15, 0.2) is 24.4 Å². The van der Waals surface area contributed by atoms with Crippen molar-refractivity contribution in [2.45, 2.75) is 27.3 Å². The van der Waals surface area contributed by atoms with Crippen molar-refractivity contribution in [1.29, 1.82) is 0 Å². The van der Waals surface area contributed by atoms with Gasteiger partial charge in [0.1, 0.15) is 5.69 Å². The summed E-state index contributed by atoms with van der Waals surface area (Å²) >= 11 is 5.28. The van der Waals surface area contributed by atoms with Crippen molar-refractivity contribution >= 4 is 34.6 Å². The minimum absolute atomic E-state index is 0.312. The largest absolute Gasteiger partial charge is 0.364 e. The molecule has 7 heteroatoms. The van der Waals surface area contributed by atoms with Gasteiger partial charge in [0.15, 0.2) is 5.11 Å². The normalized spacial score (nSPS) is 10.3. The summed E-state index contributed by atoms with van der Waals surface area (Å²) in [6, 6.07) is 6.06. The molecule has 0 bridgehead atoms. The molecule has 1 aromatic heterocycles. The average molecular weight is 317 g/mol. The van der Waals surface area contributed by atoms with E-state index in [1.54, 1.807) is 6.20 Å². The minimum Gasteiger partial charge on any atom is -0.364 e. The number of carbonyl (C=O) groups is 1. The van der Waals surface area contributed by atoms with Crippen LogP contribution in [0.1, 0.15) is 28.5 Å². The highest BCUT2D eigenvalue weighted by atomic mass is 32.1. The molecular weight excluding hydrogens is 298 g/mol. The molecule has 1 amide bonds. The maximum absolute atomic E-state index is 11.5. The van der Waals surface area contributed by atoms with Gasteiger partial charge < -0.3 is 16.4 Å². The lowest BCUT2D eigenvalue weighted by Gasteiger charge is -2.12. The Balaban J connectivity index is 2.15. The Kier molecular flexibility index (Phi) is 4.77. The third-order valence-corrected chi connectivity index (χ3v) is 3.30. The fourth-order valence-electron chi connectivity index (χ4n) is 2.31. The molecule has 4 N–H and O–H groups in total. The predicted molar refractivity (Wildman–Crippen MR) is 92.2 cm³/mol. The molecule has 0 fully saturated rings. The van der Waals surface area contributed by atoms with E-state index in [0.29, 0.717) is 23.0 Å². The van der Waals surface area contributed by atoms with Crippen molar-refractivity contribution in [1.82, 2.24) is 9.78 Å². The Morgan fingerprint density at radius 1 is 1.27 bits per heavy atom. The van der Waals surface area contributed by atoms with Crippen LogP contribution in [0.3, 0.4) is 0 Å². The van der Waals surface area contributed by atoms with E-state index in [9.17, 15) is 4.79 Å². The van der Waals surface area contributed by atoms with Gasteiger partial charge >= 0.3 is 0 Å². The number of thiocarbonyl (C=S) groups is 1. The first-order valence-electron chi connectivity index (χ1n) is 6.92. The first kappa shape index (κ1) is 16.0. The van der Waals surface area contributed by atoms with Crippen molar-refractivity contribution in [2.75, 3.05) is 10.6 Å². The van der Waals surface area contributed by atoms with Crippen molar-refractivity contribution in [2.24, 2.45) is 5.73 Å². The summed E-state index contributed by atoms with van der Waals surface area (Å²) in [6.45, 7) is 6.47. The highest BCUT2D eigenvalue weighted by Crippen LogP contribution is 2.17. The number of carbonyl (C=O) groups excluding carboxylic acids is 1. The predicted octanol–water partition coefficient (Wildman–Crippen LogP) is 2.43. The fourth-order valence-corrected chi connectivity index (χ4v) is 2.54. The second kappa shape index (κ2) is 6.57. The van der Waals surface area contributed by atoms with Gasteiger partial charge in [-0.05, 0) is 56.2 Å². The van der Waals surface area contributed by atoms with Crippen LogP contribution in [0.2, 0.25) is 0 Å². The molecule has 0 radical (unpaired) electrons. The van der Waals surface area contributed by atoms with E-state index in [2.05, 4.69) is 21.8 Å². The number of primary amides is 1. The van der Waals surface area contributed by atoms with Gasteiger partial charge in [0.2, 0.25) is 0 Å². The number of anilines is 2. The van der Waals surface area contributed by atoms with Gasteiger partial charge in [0, 0.05) is 12.2 Å². The Bertz CT molecular complexity index is 702. The van der Waals surface area contributed by atoms with Crippen molar-refractivity contribution < 1.29 is 4.79 Å². The zero-order chi connectivity index (χ0) is 16.3. The highest BCUT2D eigenvalue weighted by Gasteiger charge is 2.16. The van der Waals surface area contributed by atoms with E-state index in [-0.39, 0.29) is 0 Å². The van der Waals surface area contributed by atoms with Gasteiger partial charge in [-0.3, -0.25) is 9.48 Å². The van der Waals surface area contributed by atoms with E-state index >= 15 is 0 Å². The zero-order valence-corrected chi connectivity index (χ0v) is 13.6. The molecule has 0 spiro atoms. The molecule has 1 aromatic carbocycles. The lowest BCUT2D eigenvalue weighted by molar-refractivity contribution is 0.0991. The number of aromatic nitrogens is 2. The first-order chi connectivity index (χ1) is 10.4. The minimum atomic E-state index is -0.545. The molecule has 0 aliphatic heterocycles. The summed E-state index contributed by atoms with van der Waals surface area (Å²) in [5.41, 5.74) is 9.38. The summed E-state index contributed by atoms with van der Waals surface area (Å²) in [7, 11) is 0. The monoisotopic (exact) mass is 317 g/mol. The van der Waals surface area contributed by atoms with E-state index in [1.807, 2.05) is 32.9 Å². The topological polar surface area (TPSA) is 85.0 Å². The Hall–Kier alpha value is -2.41. The third kappa shape index (κ3) is 3.62. The molecule has 0 unspecified atom stereocenters. The molecule has 22 heavy (non-hydrogen) atoms. The summed E-state index contributed by atoms with van der Waals surface area (Å²) in [6.07, 6.45) is 1.54.